The van der Waals surface area contributed by atoms with Gasteiger partial charge in [0.05, 0.1) is 26.9 Å². The summed E-state index contributed by atoms with van der Waals surface area (Å²) in [5, 5.41) is 13.8. The predicted octanol–water partition coefficient (Wildman–Crippen LogP) is 6.89. The zero-order valence-electron chi connectivity index (χ0n) is 17.3. The third-order valence-electron chi connectivity index (χ3n) is 4.73. The fourth-order valence-electron chi connectivity index (χ4n) is 3.30. The molecule has 2 atom stereocenters. The Bertz CT molecular complexity index is 963. The predicted molar refractivity (Wildman–Crippen MR) is 112 cm³/mol. The van der Waals surface area contributed by atoms with Crippen molar-refractivity contribution in [1.82, 2.24) is 0 Å². The first kappa shape index (κ1) is 27.2. The van der Waals surface area contributed by atoms with Gasteiger partial charge in [0.1, 0.15) is 13.2 Å². The first-order valence-electron chi connectivity index (χ1n) is 9.32. The Morgan fingerprint density at radius 1 is 0.909 bits per heavy atom. The molecule has 2 rings (SSSR count). The average Bonchev–Trinajstić information content (AvgIpc) is 2.73. The molecule has 0 aromatic heterocycles. The van der Waals surface area contributed by atoms with Gasteiger partial charge in [-0.25, -0.2) is 0 Å². The summed E-state index contributed by atoms with van der Waals surface area (Å²) in [4.78, 5) is 4.83. The summed E-state index contributed by atoms with van der Waals surface area (Å²) < 4.78 is 85.4. The molecule has 0 aliphatic rings. The van der Waals surface area contributed by atoms with Gasteiger partial charge in [-0.1, -0.05) is 34.4 Å². The van der Waals surface area contributed by atoms with Crippen LogP contribution in [0.25, 0.3) is 0 Å². The number of hydrogen-bond donors (Lipinski definition) is 1. The molecule has 0 spiro atoms. The number of aliphatic hydroxyl groups is 1. The minimum atomic E-state index is -5.04. The Balaban J connectivity index is 2.71. The maximum atomic E-state index is 13.4. The van der Waals surface area contributed by atoms with E-state index in [4.69, 9.17) is 32.8 Å². The normalized spacial score (nSPS) is 14.8. The maximum Gasteiger partial charge on any atom is 0.416 e. The largest absolute Gasteiger partial charge is 0.416 e. The molecule has 2 aromatic carbocycles. The van der Waals surface area contributed by atoms with Crippen LogP contribution in [0.15, 0.2) is 41.6 Å². The average molecular weight is 518 g/mol. The van der Waals surface area contributed by atoms with E-state index in [0.29, 0.717) is 17.7 Å². The van der Waals surface area contributed by atoms with Crippen LogP contribution in [0.1, 0.15) is 40.7 Å². The van der Waals surface area contributed by atoms with Gasteiger partial charge < -0.3 is 14.7 Å². The van der Waals surface area contributed by atoms with Crippen LogP contribution < -0.4 is 0 Å². The highest BCUT2D eigenvalue weighted by atomic mass is 35.5. The Labute approximate surface area is 195 Å². The van der Waals surface area contributed by atoms with Crippen molar-refractivity contribution in [2.75, 3.05) is 20.8 Å². The van der Waals surface area contributed by atoms with E-state index in [-0.39, 0.29) is 34.9 Å². The molecule has 1 N–H and O–H groups in total. The van der Waals surface area contributed by atoms with Gasteiger partial charge >= 0.3 is 12.4 Å². The number of halogens is 8. The summed E-state index contributed by atoms with van der Waals surface area (Å²) in [6, 6.07) is 5.59. The molecule has 0 amide bonds. The van der Waals surface area contributed by atoms with Crippen LogP contribution in [0, 0.1) is 0 Å². The number of alkyl halides is 6. The topological polar surface area (TPSA) is 51.0 Å². The zero-order chi connectivity index (χ0) is 25.0. The van der Waals surface area contributed by atoms with E-state index in [1.807, 2.05) is 0 Å². The van der Waals surface area contributed by atoms with E-state index in [1.165, 1.54) is 12.1 Å². The minimum absolute atomic E-state index is 0.00883. The molecule has 0 heterocycles. The van der Waals surface area contributed by atoms with Crippen molar-refractivity contribution >= 4 is 28.9 Å². The van der Waals surface area contributed by atoms with Crippen LogP contribution in [-0.4, -0.2) is 31.6 Å². The van der Waals surface area contributed by atoms with Gasteiger partial charge in [-0.3, -0.25) is 0 Å². The SMILES string of the molecule is CON=C(C(CCO)c1ccc(Cl)c(Cl)c1)C(OC)c1cc(C(F)(F)F)cc(C(F)(F)F)c1. The highest BCUT2D eigenvalue weighted by Gasteiger charge is 2.39. The first-order chi connectivity index (χ1) is 15.3. The molecule has 2 aromatic rings. The highest BCUT2D eigenvalue weighted by Crippen LogP contribution is 2.40. The second kappa shape index (κ2) is 10.9. The number of oxime groups is 1. The lowest BCUT2D eigenvalue weighted by molar-refractivity contribution is -0.143. The number of benzene rings is 2. The lowest BCUT2D eigenvalue weighted by atomic mass is 9.85. The molecule has 0 saturated heterocycles. The maximum absolute atomic E-state index is 13.4. The number of aliphatic hydroxyl groups excluding tert-OH is 1. The molecule has 2 unspecified atom stereocenters. The number of nitrogens with zero attached hydrogens (tertiary/aromatic N) is 1. The molecule has 182 valence electrons. The number of rotatable bonds is 8. The molecule has 0 fully saturated rings. The van der Waals surface area contributed by atoms with Crippen LogP contribution in [0.2, 0.25) is 10.0 Å². The van der Waals surface area contributed by atoms with E-state index in [9.17, 15) is 31.4 Å². The number of hydrogen-bond acceptors (Lipinski definition) is 4. The van der Waals surface area contributed by atoms with E-state index >= 15 is 0 Å². The second-order valence-corrected chi connectivity index (χ2v) is 7.71. The fraction of sp³-hybridized carbons (Fsp3) is 0.381. The van der Waals surface area contributed by atoms with Crippen molar-refractivity contribution in [3.05, 3.63) is 68.7 Å². The van der Waals surface area contributed by atoms with Crippen LogP contribution in [0.4, 0.5) is 26.3 Å². The van der Waals surface area contributed by atoms with Crippen molar-refractivity contribution in [3.63, 3.8) is 0 Å². The first-order valence-corrected chi connectivity index (χ1v) is 10.1. The molecule has 0 saturated carbocycles. The smallest absolute Gasteiger partial charge is 0.399 e. The molecule has 33 heavy (non-hydrogen) atoms. The standard InChI is InChI=1S/C21H19Cl2F6NO3/c1-32-19(12-7-13(20(24,25)26)10-14(8-12)21(27,28)29)18(30-33-2)15(5-6-31)11-3-4-16(22)17(23)9-11/h3-4,7-10,15,19,31H,5-6H2,1-2H3. The lowest BCUT2D eigenvalue weighted by Crippen LogP contribution is -2.25. The van der Waals surface area contributed by atoms with Gasteiger partial charge in [-0.15, -0.1) is 0 Å². The third kappa shape index (κ3) is 6.75. The summed E-state index contributed by atoms with van der Waals surface area (Å²) in [7, 11) is 2.26. The molecule has 0 radical (unpaired) electrons. The van der Waals surface area contributed by atoms with Crippen molar-refractivity contribution < 1.29 is 41.0 Å². The summed E-state index contributed by atoms with van der Waals surface area (Å²) >= 11 is 12.0. The second-order valence-electron chi connectivity index (χ2n) is 6.89. The van der Waals surface area contributed by atoms with Crippen LogP contribution in [0.3, 0.4) is 0 Å². The van der Waals surface area contributed by atoms with Gasteiger partial charge in [0.25, 0.3) is 0 Å². The number of methoxy groups -OCH3 is 1. The molecule has 4 nitrogen and oxygen atoms in total. The Morgan fingerprint density at radius 2 is 1.48 bits per heavy atom. The van der Waals surface area contributed by atoms with E-state index < -0.39 is 41.1 Å². The Hall–Kier alpha value is -2.01. The zero-order valence-corrected chi connectivity index (χ0v) is 18.8. The van der Waals surface area contributed by atoms with Crippen molar-refractivity contribution in [2.24, 2.45) is 5.16 Å². The number of ether oxygens (including phenoxy) is 1. The molecule has 12 heteroatoms. The summed E-state index contributed by atoms with van der Waals surface area (Å²) in [5.41, 5.74) is -3.07. The van der Waals surface area contributed by atoms with Gasteiger partial charge in [0.2, 0.25) is 0 Å². The monoisotopic (exact) mass is 517 g/mol. The van der Waals surface area contributed by atoms with Gasteiger partial charge in [0, 0.05) is 19.6 Å². The van der Waals surface area contributed by atoms with Crippen molar-refractivity contribution in [2.45, 2.75) is 30.8 Å². The fourth-order valence-corrected chi connectivity index (χ4v) is 3.61. The summed E-state index contributed by atoms with van der Waals surface area (Å²) in [6.07, 6.45) is -11.6. The van der Waals surface area contributed by atoms with E-state index in [0.717, 1.165) is 14.2 Å². The lowest BCUT2D eigenvalue weighted by Gasteiger charge is -2.26. The Kier molecular flexibility index (Phi) is 9.03. The van der Waals surface area contributed by atoms with Crippen LogP contribution >= 0.6 is 23.2 Å². The van der Waals surface area contributed by atoms with Crippen LogP contribution in [0.5, 0.6) is 0 Å². The molecular formula is C21H19Cl2F6NO3. The molecule has 0 aliphatic carbocycles. The third-order valence-corrected chi connectivity index (χ3v) is 5.47. The quantitative estimate of drug-likeness (QED) is 0.235. The summed E-state index contributed by atoms with van der Waals surface area (Å²) in [6.45, 7) is -0.388. The van der Waals surface area contributed by atoms with Gasteiger partial charge in [0.15, 0.2) is 0 Å². The van der Waals surface area contributed by atoms with E-state index in [2.05, 4.69) is 5.16 Å². The van der Waals surface area contributed by atoms with Crippen molar-refractivity contribution in [3.8, 4) is 0 Å². The van der Waals surface area contributed by atoms with Crippen LogP contribution in [-0.2, 0) is 21.9 Å². The van der Waals surface area contributed by atoms with Crippen molar-refractivity contribution in [1.29, 1.82) is 0 Å². The minimum Gasteiger partial charge on any atom is -0.399 e. The molecule has 0 aliphatic heterocycles. The molecular weight excluding hydrogens is 499 g/mol. The Morgan fingerprint density at radius 3 is 1.91 bits per heavy atom. The highest BCUT2D eigenvalue weighted by molar-refractivity contribution is 6.42. The molecule has 0 bridgehead atoms. The van der Waals surface area contributed by atoms with Gasteiger partial charge in [-0.05, 0) is 47.9 Å². The van der Waals surface area contributed by atoms with E-state index in [1.54, 1.807) is 6.07 Å². The summed E-state index contributed by atoms with van der Waals surface area (Å²) in [5.74, 6) is -0.835. The van der Waals surface area contributed by atoms with Gasteiger partial charge in [-0.2, -0.15) is 26.3 Å².